The first-order chi connectivity index (χ1) is 11.6. The average Bonchev–Trinajstić information content (AvgIpc) is 2.85. The fourth-order valence-corrected chi connectivity index (χ4v) is 3.89. The van der Waals surface area contributed by atoms with Crippen LogP contribution in [-0.2, 0) is 9.59 Å². The van der Waals surface area contributed by atoms with E-state index in [9.17, 15) is 19.7 Å². The molecule has 0 aromatic heterocycles. The first kappa shape index (κ1) is 14.8. The van der Waals surface area contributed by atoms with Crippen LogP contribution in [0.5, 0.6) is 0 Å². The molecule has 0 radical (unpaired) electrons. The molecular formula is C18H16N2O4. The monoisotopic (exact) mass is 324 g/mol. The molecule has 1 saturated heterocycles. The lowest BCUT2D eigenvalue weighted by molar-refractivity contribution is -0.384. The molecule has 1 heterocycles. The zero-order chi connectivity index (χ0) is 16.8. The van der Waals surface area contributed by atoms with Crippen molar-refractivity contribution < 1.29 is 14.5 Å². The third-order valence-electron chi connectivity index (χ3n) is 5.12. The third-order valence-corrected chi connectivity index (χ3v) is 5.12. The van der Waals surface area contributed by atoms with Gasteiger partial charge < -0.3 is 0 Å². The van der Waals surface area contributed by atoms with Crippen LogP contribution in [0.15, 0.2) is 36.4 Å². The normalized spacial score (nSPS) is 23.6. The summed E-state index contributed by atoms with van der Waals surface area (Å²) in [5, 5.41) is 12.3. The summed E-state index contributed by atoms with van der Waals surface area (Å²) in [4.78, 5) is 37.0. The van der Waals surface area contributed by atoms with Gasteiger partial charge in [0.25, 0.3) is 5.69 Å². The van der Waals surface area contributed by atoms with Gasteiger partial charge in [0, 0.05) is 12.1 Å². The maximum atomic E-state index is 12.6. The van der Waals surface area contributed by atoms with Gasteiger partial charge in [0.1, 0.15) is 0 Å². The molecule has 1 saturated carbocycles. The molecule has 6 heteroatoms. The molecule has 2 unspecified atom stereocenters. The lowest BCUT2D eigenvalue weighted by atomic mass is 9.81. The van der Waals surface area contributed by atoms with E-state index < -0.39 is 4.92 Å². The average molecular weight is 324 g/mol. The van der Waals surface area contributed by atoms with Gasteiger partial charge in [-0.25, -0.2) is 0 Å². The van der Waals surface area contributed by atoms with Crippen molar-refractivity contribution in [3.05, 3.63) is 46.5 Å². The van der Waals surface area contributed by atoms with Crippen LogP contribution in [0.2, 0.25) is 0 Å². The van der Waals surface area contributed by atoms with E-state index in [0.717, 1.165) is 31.1 Å². The Hall–Kier alpha value is -2.76. The Kier molecular flexibility index (Phi) is 3.33. The van der Waals surface area contributed by atoms with Gasteiger partial charge in [-0.2, -0.15) is 0 Å². The number of non-ortho nitro benzene ring substituents is 1. The highest BCUT2D eigenvalue weighted by atomic mass is 16.6. The number of carbonyl (C=O) groups is 2. The van der Waals surface area contributed by atoms with E-state index in [1.165, 1.54) is 17.0 Å². The molecule has 122 valence electrons. The Morgan fingerprint density at radius 2 is 1.50 bits per heavy atom. The highest BCUT2D eigenvalue weighted by Crippen LogP contribution is 2.40. The molecule has 24 heavy (non-hydrogen) atoms. The van der Waals surface area contributed by atoms with Crippen LogP contribution >= 0.6 is 0 Å². The second kappa shape index (κ2) is 5.40. The molecule has 1 aliphatic carbocycles. The van der Waals surface area contributed by atoms with Crippen molar-refractivity contribution in [2.75, 3.05) is 4.90 Å². The van der Waals surface area contributed by atoms with Crippen LogP contribution < -0.4 is 4.90 Å². The molecule has 2 fully saturated rings. The molecular weight excluding hydrogens is 308 g/mol. The summed E-state index contributed by atoms with van der Waals surface area (Å²) in [7, 11) is 0. The fourth-order valence-electron chi connectivity index (χ4n) is 3.89. The Balaban J connectivity index is 1.73. The quantitative estimate of drug-likeness (QED) is 0.481. The van der Waals surface area contributed by atoms with Crippen molar-refractivity contribution in [3.8, 4) is 0 Å². The minimum atomic E-state index is -0.439. The maximum Gasteiger partial charge on any atom is 0.270 e. The number of benzene rings is 2. The van der Waals surface area contributed by atoms with Gasteiger partial charge in [0.2, 0.25) is 11.8 Å². The van der Waals surface area contributed by atoms with Crippen LogP contribution in [0.4, 0.5) is 11.4 Å². The zero-order valence-electron chi connectivity index (χ0n) is 13.0. The molecule has 6 nitrogen and oxygen atoms in total. The molecule has 0 spiro atoms. The molecule has 1 aliphatic heterocycles. The number of hydrogen-bond acceptors (Lipinski definition) is 4. The number of rotatable bonds is 2. The molecule has 2 aliphatic rings. The number of anilines is 1. The maximum absolute atomic E-state index is 12.6. The van der Waals surface area contributed by atoms with E-state index in [2.05, 4.69) is 0 Å². The van der Waals surface area contributed by atoms with E-state index in [-0.39, 0.29) is 29.3 Å². The number of nitro benzene ring substituents is 1. The number of nitro groups is 1. The van der Waals surface area contributed by atoms with Crippen LogP contribution in [-0.4, -0.2) is 16.7 Å². The van der Waals surface area contributed by atoms with E-state index in [1.807, 2.05) is 0 Å². The first-order valence-corrected chi connectivity index (χ1v) is 8.12. The molecule has 2 aromatic carbocycles. The Morgan fingerprint density at radius 1 is 0.917 bits per heavy atom. The molecule has 2 aromatic rings. The highest BCUT2D eigenvalue weighted by molar-refractivity contribution is 6.22. The second-order valence-electron chi connectivity index (χ2n) is 6.48. The molecule has 0 N–H and O–H groups in total. The van der Waals surface area contributed by atoms with Crippen molar-refractivity contribution in [1.82, 2.24) is 0 Å². The summed E-state index contributed by atoms with van der Waals surface area (Å²) in [6.07, 6.45) is 3.56. The standard InChI is InChI=1S/C18H16N2O4/c21-17-15-3-1-2-4-16(15)18(22)19(17)13-7-5-12-10-14(20(23)24)8-6-11(12)9-13/h5-10,15-16H,1-4H2. The summed E-state index contributed by atoms with van der Waals surface area (Å²) in [6.45, 7) is 0. The Bertz CT molecular complexity index is 852. The SMILES string of the molecule is O=C1C2CCCCC2C(=O)N1c1ccc2cc([N+](=O)[O-])ccc2c1. The van der Waals surface area contributed by atoms with Crippen LogP contribution in [0.25, 0.3) is 10.8 Å². The fraction of sp³-hybridized carbons (Fsp3) is 0.333. The second-order valence-corrected chi connectivity index (χ2v) is 6.48. The van der Waals surface area contributed by atoms with E-state index in [1.54, 1.807) is 24.3 Å². The molecule has 2 atom stereocenters. The molecule has 4 rings (SSSR count). The van der Waals surface area contributed by atoms with Gasteiger partial charge in [0.05, 0.1) is 22.4 Å². The zero-order valence-corrected chi connectivity index (χ0v) is 13.0. The third kappa shape index (κ3) is 2.18. The van der Waals surface area contributed by atoms with Crippen LogP contribution in [0.1, 0.15) is 25.7 Å². The summed E-state index contributed by atoms with van der Waals surface area (Å²) in [5.41, 5.74) is 0.579. The summed E-state index contributed by atoms with van der Waals surface area (Å²) in [6, 6.07) is 9.74. The van der Waals surface area contributed by atoms with Crippen molar-refractivity contribution >= 4 is 34.0 Å². The predicted molar refractivity (Wildman–Crippen MR) is 88.5 cm³/mol. The summed E-state index contributed by atoms with van der Waals surface area (Å²) >= 11 is 0. The van der Waals surface area contributed by atoms with Gasteiger partial charge in [-0.05, 0) is 41.8 Å². The number of fused-ring (bicyclic) bond motifs is 2. The van der Waals surface area contributed by atoms with Gasteiger partial charge in [-0.1, -0.05) is 18.9 Å². The lowest BCUT2D eigenvalue weighted by Crippen LogP contribution is -2.30. The Labute approximate surface area is 138 Å². The summed E-state index contributed by atoms with van der Waals surface area (Å²) < 4.78 is 0. The van der Waals surface area contributed by atoms with E-state index in [4.69, 9.17) is 0 Å². The molecule has 0 bridgehead atoms. The predicted octanol–water partition coefficient (Wildman–Crippen LogP) is 3.43. The van der Waals surface area contributed by atoms with Crippen molar-refractivity contribution in [3.63, 3.8) is 0 Å². The number of imide groups is 1. The van der Waals surface area contributed by atoms with Crippen molar-refractivity contribution in [2.45, 2.75) is 25.7 Å². The number of nitrogens with zero attached hydrogens (tertiary/aromatic N) is 2. The van der Waals surface area contributed by atoms with Crippen LogP contribution in [0, 0.1) is 22.0 Å². The number of carbonyl (C=O) groups excluding carboxylic acids is 2. The number of hydrogen-bond donors (Lipinski definition) is 0. The molecule has 2 amide bonds. The van der Waals surface area contributed by atoms with Gasteiger partial charge in [-0.15, -0.1) is 0 Å². The number of amides is 2. The van der Waals surface area contributed by atoms with Gasteiger partial charge >= 0.3 is 0 Å². The highest BCUT2D eigenvalue weighted by Gasteiger charge is 2.48. The minimum absolute atomic E-state index is 0.0228. The largest absolute Gasteiger partial charge is 0.274 e. The lowest BCUT2D eigenvalue weighted by Gasteiger charge is -2.19. The van der Waals surface area contributed by atoms with Crippen molar-refractivity contribution in [1.29, 1.82) is 0 Å². The smallest absolute Gasteiger partial charge is 0.270 e. The topological polar surface area (TPSA) is 80.5 Å². The van der Waals surface area contributed by atoms with Crippen LogP contribution in [0.3, 0.4) is 0 Å². The first-order valence-electron chi connectivity index (χ1n) is 8.12. The van der Waals surface area contributed by atoms with E-state index >= 15 is 0 Å². The summed E-state index contributed by atoms with van der Waals surface area (Å²) in [5.74, 6) is -0.575. The Morgan fingerprint density at radius 3 is 2.12 bits per heavy atom. The van der Waals surface area contributed by atoms with E-state index in [0.29, 0.717) is 11.1 Å². The van der Waals surface area contributed by atoms with Gasteiger partial charge in [-0.3, -0.25) is 24.6 Å². The minimum Gasteiger partial charge on any atom is -0.274 e. The van der Waals surface area contributed by atoms with Gasteiger partial charge in [0.15, 0.2) is 0 Å². The van der Waals surface area contributed by atoms with Crippen molar-refractivity contribution in [2.24, 2.45) is 11.8 Å².